The van der Waals surface area contributed by atoms with Crippen molar-refractivity contribution >= 4 is 10.1 Å². The van der Waals surface area contributed by atoms with Gasteiger partial charge in [-0.25, -0.2) is 0 Å². The highest BCUT2D eigenvalue weighted by molar-refractivity contribution is 7.85. The van der Waals surface area contributed by atoms with Crippen LogP contribution in [-0.2, 0) is 10.1 Å². The van der Waals surface area contributed by atoms with Crippen molar-refractivity contribution < 1.29 is 22.2 Å². The molecule has 0 spiro atoms. The van der Waals surface area contributed by atoms with E-state index in [0.717, 1.165) is 0 Å². The van der Waals surface area contributed by atoms with Gasteiger partial charge < -0.3 is 9.19 Å². The Labute approximate surface area is 144 Å². The van der Waals surface area contributed by atoms with Crippen LogP contribution >= 0.6 is 0 Å². The van der Waals surface area contributed by atoms with Crippen LogP contribution in [-0.4, -0.2) is 49.9 Å². The number of quaternary nitrogens is 1. The molecule has 144 valence electrons. The van der Waals surface area contributed by atoms with E-state index in [4.69, 9.17) is 4.55 Å². The minimum atomic E-state index is -3.67. The topological polar surface area (TPSA) is 54.4 Å². The third kappa shape index (κ3) is 21.8. The van der Waals surface area contributed by atoms with Gasteiger partial charge in [-0.05, 0) is 25.7 Å². The van der Waals surface area contributed by atoms with Crippen LogP contribution in [0.3, 0.4) is 0 Å². The number of rotatable bonds is 12. The fourth-order valence-electron chi connectivity index (χ4n) is 2.64. The molecule has 1 N–H and O–H groups in total. The van der Waals surface area contributed by atoms with Crippen LogP contribution < -0.4 is 4.70 Å². The van der Waals surface area contributed by atoms with E-state index in [2.05, 4.69) is 27.7 Å². The highest BCUT2D eigenvalue weighted by Crippen LogP contribution is 2.16. The van der Waals surface area contributed by atoms with Crippen molar-refractivity contribution in [3.05, 3.63) is 0 Å². The first kappa shape index (κ1) is 27.6. The molecule has 0 atom stereocenters. The standard InChI is InChI=1S/C16H36N.CH4O3S.FH/c1-5-9-13-17(14-10-6-2,15-11-7-3)16-12-8-4;1-5(2,3)4;/h5-16H2,1-4H3;1H3,(H,2,3,4);1H/q+1;;/p-1. The number of unbranched alkanes of at least 4 members (excludes halogenated alkanes) is 4. The monoisotopic (exact) mass is 357 g/mol. The van der Waals surface area contributed by atoms with Crippen molar-refractivity contribution in [2.75, 3.05) is 32.4 Å². The summed E-state index contributed by atoms with van der Waals surface area (Å²) < 4.78 is 27.3. The number of nitrogens with zero attached hydrogens (tertiary/aromatic N) is 1. The van der Waals surface area contributed by atoms with E-state index in [-0.39, 0.29) is 4.70 Å². The van der Waals surface area contributed by atoms with E-state index >= 15 is 0 Å². The lowest BCUT2D eigenvalue weighted by Crippen LogP contribution is -3.00. The molecule has 0 rings (SSSR count). The lowest BCUT2D eigenvalue weighted by molar-refractivity contribution is -0.929. The summed E-state index contributed by atoms with van der Waals surface area (Å²) in [7, 11) is -3.67. The smallest absolute Gasteiger partial charge is 0.261 e. The highest BCUT2D eigenvalue weighted by atomic mass is 32.2. The summed E-state index contributed by atoms with van der Waals surface area (Å²) in [6, 6.07) is 0. The second-order valence-corrected chi connectivity index (χ2v) is 7.85. The minimum absolute atomic E-state index is 0. The molecule has 0 aromatic heterocycles. The zero-order valence-corrected chi connectivity index (χ0v) is 16.8. The Bertz CT molecular complexity index is 289. The molecule has 0 aliphatic carbocycles. The minimum Gasteiger partial charge on any atom is -1.00 e. The molecule has 0 radical (unpaired) electrons. The van der Waals surface area contributed by atoms with E-state index in [9.17, 15) is 8.42 Å². The van der Waals surface area contributed by atoms with Crippen LogP contribution in [0.1, 0.15) is 79.1 Å². The van der Waals surface area contributed by atoms with Crippen molar-refractivity contribution in [3.8, 4) is 0 Å². The van der Waals surface area contributed by atoms with Gasteiger partial charge in [-0.1, -0.05) is 53.4 Å². The SMILES string of the molecule is CCCC[N+](CCCC)(CCCC)CCCC.CS(=O)(=O)O.[F-]. The van der Waals surface area contributed by atoms with Gasteiger partial charge in [0.15, 0.2) is 0 Å². The number of hydrogen-bond acceptors (Lipinski definition) is 2. The first-order chi connectivity index (χ1) is 10.2. The average molecular weight is 358 g/mol. The van der Waals surface area contributed by atoms with Gasteiger partial charge in [-0.3, -0.25) is 4.55 Å². The third-order valence-electron chi connectivity index (χ3n) is 3.94. The van der Waals surface area contributed by atoms with Crippen LogP contribution in [0.25, 0.3) is 0 Å². The van der Waals surface area contributed by atoms with Crippen LogP contribution in [0.5, 0.6) is 0 Å². The maximum absolute atomic E-state index is 9.19. The van der Waals surface area contributed by atoms with E-state index in [0.29, 0.717) is 6.26 Å². The van der Waals surface area contributed by atoms with Crippen LogP contribution in [0.2, 0.25) is 0 Å². The maximum Gasteiger partial charge on any atom is 0.261 e. The zero-order valence-electron chi connectivity index (χ0n) is 16.0. The highest BCUT2D eigenvalue weighted by Gasteiger charge is 2.24. The van der Waals surface area contributed by atoms with Gasteiger partial charge in [0.25, 0.3) is 10.1 Å². The molecule has 4 nitrogen and oxygen atoms in total. The second-order valence-electron chi connectivity index (χ2n) is 6.38. The molecule has 0 unspecified atom stereocenters. The van der Waals surface area contributed by atoms with E-state index in [1.165, 1.54) is 82.0 Å². The maximum atomic E-state index is 9.19. The Morgan fingerprint density at radius 1 is 0.696 bits per heavy atom. The van der Waals surface area contributed by atoms with Crippen LogP contribution in [0.4, 0.5) is 0 Å². The average Bonchev–Trinajstić information content (AvgIpc) is 2.44. The van der Waals surface area contributed by atoms with Gasteiger partial charge in [0.2, 0.25) is 0 Å². The molecule has 0 bridgehead atoms. The summed E-state index contributed by atoms with van der Waals surface area (Å²) in [5.74, 6) is 0. The fraction of sp³-hybridized carbons (Fsp3) is 1.00. The van der Waals surface area contributed by atoms with Gasteiger partial charge in [0.05, 0.1) is 32.4 Å². The number of halogens is 1. The van der Waals surface area contributed by atoms with Crippen LogP contribution in [0, 0.1) is 0 Å². The normalized spacial score (nSPS) is 11.4. The molecule has 0 heterocycles. The molecule has 0 aliphatic rings. The Morgan fingerprint density at radius 2 is 0.870 bits per heavy atom. The Kier molecular flexibility index (Phi) is 20.0. The zero-order chi connectivity index (χ0) is 17.5. The van der Waals surface area contributed by atoms with Crippen LogP contribution in [0.15, 0.2) is 0 Å². The fourth-order valence-corrected chi connectivity index (χ4v) is 2.64. The first-order valence-corrected chi connectivity index (χ1v) is 10.9. The van der Waals surface area contributed by atoms with Gasteiger partial charge >= 0.3 is 0 Å². The molecule has 0 fully saturated rings. The second kappa shape index (κ2) is 16.7. The van der Waals surface area contributed by atoms with E-state index in [1.54, 1.807) is 0 Å². The van der Waals surface area contributed by atoms with Crippen molar-refractivity contribution in [2.24, 2.45) is 0 Å². The molecule has 0 saturated carbocycles. The van der Waals surface area contributed by atoms with Gasteiger partial charge in [-0.2, -0.15) is 8.42 Å². The molecule has 23 heavy (non-hydrogen) atoms. The Morgan fingerprint density at radius 3 is 1.00 bits per heavy atom. The molecule has 0 aliphatic heterocycles. The molecule has 6 heteroatoms. The molecule has 0 aromatic rings. The van der Waals surface area contributed by atoms with E-state index < -0.39 is 10.1 Å². The lowest BCUT2D eigenvalue weighted by Gasteiger charge is -2.39. The van der Waals surface area contributed by atoms with Crippen molar-refractivity contribution in [1.29, 1.82) is 0 Å². The molecular weight excluding hydrogens is 317 g/mol. The van der Waals surface area contributed by atoms with Crippen molar-refractivity contribution in [1.82, 2.24) is 0 Å². The summed E-state index contributed by atoms with van der Waals surface area (Å²) in [6.45, 7) is 15.0. The number of hydrogen-bond donors (Lipinski definition) is 1. The molecule has 0 aromatic carbocycles. The molecule has 0 saturated heterocycles. The predicted molar refractivity (Wildman–Crippen MR) is 96.8 cm³/mol. The van der Waals surface area contributed by atoms with Gasteiger partial charge in [-0.15, -0.1) is 0 Å². The summed E-state index contributed by atoms with van der Waals surface area (Å²) in [4.78, 5) is 0. The summed E-state index contributed by atoms with van der Waals surface area (Å²) >= 11 is 0. The summed E-state index contributed by atoms with van der Waals surface area (Å²) in [6.07, 6.45) is 11.8. The Hall–Kier alpha value is -0.200. The quantitative estimate of drug-likeness (QED) is 0.425. The summed E-state index contributed by atoms with van der Waals surface area (Å²) in [5, 5.41) is 0. The largest absolute Gasteiger partial charge is 1.00 e. The van der Waals surface area contributed by atoms with Crippen molar-refractivity contribution in [3.63, 3.8) is 0 Å². The third-order valence-corrected chi connectivity index (χ3v) is 3.94. The predicted octanol–water partition coefficient (Wildman–Crippen LogP) is 1.51. The van der Waals surface area contributed by atoms with Gasteiger partial charge in [0, 0.05) is 0 Å². The molecule has 0 amide bonds. The first-order valence-electron chi connectivity index (χ1n) is 9.02. The lowest BCUT2D eigenvalue weighted by atomic mass is 10.1. The van der Waals surface area contributed by atoms with Crippen molar-refractivity contribution in [2.45, 2.75) is 79.1 Å². The van der Waals surface area contributed by atoms with E-state index in [1.807, 2.05) is 0 Å². The summed E-state index contributed by atoms with van der Waals surface area (Å²) in [5.41, 5.74) is 0. The Balaban J connectivity index is -0.000000578. The molecular formula is C17H40FNO3S. The van der Waals surface area contributed by atoms with Gasteiger partial charge in [0.1, 0.15) is 0 Å².